The van der Waals surface area contributed by atoms with Crippen molar-refractivity contribution in [1.82, 2.24) is 19.9 Å². The van der Waals surface area contributed by atoms with Crippen LogP contribution < -0.4 is 9.47 Å². The second-order valence-electron chi connectivity index (χ2n) is 12.0. The van der Waals surface area contributed by atoms with Gasteiger partial charge in [0.15, 0.2) is 18.7 Å². The SMILES string of the molecule is Fc1c(-c2c(CO[C@@H]3CCCCO3)ccc3ccccc23)ncc2c(OCC(F)(F)F)nc(OCC34CCCN3CCC4)nc12. The Morgan fingerprint density at radius 3 is 2.56 bits per heavy atom. The Bertz CT molecular complexity index is 1690. The summed E-state index contributed by atoms with van der Waals surface area (Å²) in [6, 6.07) is 11.1. The number of fused-ring (bicyclic) bond motifs is 3. The second-order valence-corrected chi connectivity index (χ2v) is 12.0. The van der Waals surface area contributed by atoms with E-state index >= 15 is 4.39 Å². The molecule has 0 bridgehead atoms. The van der Waals surface area contributed by atoms with E-state index in [1.807, 2.05) is 36.4 Å². The third-order valence-electron chi connectivity index (χ3n) is 9.10. The van der Waals surface area contributed by atoms with Crippen LogP contribution in [0.1, 0.15) is 50.5 Å². The van der Waals surface area contributed by atoms with E-state index in [9.17, 15) is 13.2 Å². The molecule has 0 radical (unpaired) electrons. The molecule has 3 aliphatic rings. The maximum absolute atomic E-state index is 16.7. The lowest BCUT2D eigenvalue weighted by Gasteiger charge is -2.31. The standard InChI is InChI=1S/C33H34F4N4O4/c34-27-28-24(30(44-20-33(35,36)37)40-31(39-28)45-19-32-12-5-14-41(32)15-6-13-32)17-38-29(27)26-22(18-43-25-9-3-4-16-42-25)11-10-21-7-1-2-8-23(21)26/h1-2,7-8,10-11,17,25H,3-6,9,12-16,18-20H2/t25-/m1/s1. The van der Waals surface area contributed by atoms with Crippen molar-refractivity contribution in [3.05, 3.63) is 54.0 Å². The van der Waals surface area contributed by atoms with E-state index in [1.54, 1.807) is 0 Å². The third-order valence-corrected chi connectivity index (χ3v) is 9.10. The lowest BCUT2D eigenvalue weighted by atomic mass is 9.95. The molecule has 2 aromatic carbocycles. The molecule has 1 atom stereocenters. The van der Waals surface area contributed by atoms with Crippen LogP contribution in [0.3, 0.4) is 0 Å². The van der Waals surface area contributed by atoms with Crippen LogP contribution >= 0.6 is 0 Å². The smallest absolute Gasteiger partial charge is 0.422 e. The first-order valence-corrected chi connectivity index (χ1v) is 15.5. The Hall–Kier alpha value is -3.61. The van der Waals surface area contributed by atoms with Gasteiger partial charge in [-0.05, 0) is 74.4 Å². The van der Waals surface area contributed by atoms with Gasteiger partial charge in [0.1, 0.15) is 17.8 Å². The molecule has 3 fully saturated rings. The molecule has 0 unspecified atom stereocenters. The Labute approximate surface area is 257 Å². The maximum Gasteiger partial charge on any atom is 0.422 e. The van der Waals surface area contributed by atoms with Crippen LogP contribution in [0, 0.1) is 5.82 Å². The highest BCUT2D eigenvalue weighted by Gasteiger charge is 2.45. The molecule has 7 rings (SSSR count). The van der Waals surface area contributed by atoms with Gasteiger partial charge in [0.05, 0.1) is 17.5 Å². The van der Waals surface area contributed by atoms with Crippen molar-refractivity contribution < 1.29 is 36.5 Å². The number of ether oxygens (including phenoxy) is 4. The van der Waals surface area contributed by atoms with Crippen LogP contribution in [0.4, 0.5) is 17.6 Å². The van der Waals surface area contributed by atoms with Crippen molar-refractivity contribution in [3.63, 3.8) is 0 Å². The molecule has 0 spiro atoms. The van der Waals surface area contributed by atoms with E-state index in [0.29, 0.717) is 17.7 Å². The quantitative estimate of drug-likeness (QED) is 0.184. The molecule has 0 N–H and O–H groups in total. The average molecular weight is 627 g/mol. The molecule has 45 heavy (non-hydrogen) atoms. The minimum atomic E-state index is -4.63. The van der Waals surface area contributed by atoms with E-state index in [0.717, 1.165) is 68.8 Å². The van der Waals surface area contributed by atoms with Crippen LogP contribution in [-0.2, 0) is 16.1 Å². The fourth-order valence-corrected chi connectivity index (χ4v) is 6.91. The van der Waals surface area contributed by atoms with Gasteiger partial charge in [-0.2, -0.15) is 23.1 Å². The van der Waals surface area contributed by atoms with Gasteiger partial charge in [0.25, 0.3) is 0 Å². The highest BCUT2D eigenvalue weighted by molar-refractivity contribution is 5.99. The van der Waals surface area contributed by atoms with Gasteiger partial charge in [0.2, 0.25) is 5.88 Å². The Morgan fingerprint density at radius 2 is 1.78 bits per heavy atom. The molecule has 3 saturated heterocycles. The first kappa shape index (κ1) is 30.1. The van der Waals surface area contributed by atoms with Crippen LogP contribution in [-0.4, -0.2) is 70.8 Å². The van der Waals surface area contributed by atoms with Crippen molar-refractivity contribution in [2.45, 2.75) is 69.6 Å². The average Bonchev–Trinajstić information content (AvgIpc) is 3.63. The van der Waals surface area contributed by atoms with Crippen LogP contribution in [0.2, 0.25) is 0 Å². The number of alkyl halides is 3. The van der Waals surface area contributed by atoms with Crippen molar-refractivity contribution in [2.24, 2.45) is 0 Å². The van der Waals surface area contributed by atoms with Gasteiger partial charge in [-0.25, -0.2) is 4.39 Å². The van der Waals surface area contributed by atoms with Crippen LogP contribution in [0.5, 0.6) is 11.9 Å². The zero-order valence-corrected chi connectivity index (χ0v) is 24.7. The minimum absolute atomic E-state index is 0.00904. The highest BCUT2D eigenvalue weighted by Crippen LogP contribution is 2.40. The molecular formula is C33H34F4N4O4. The van der Waals surface area contributed by atoms with E-state index in [4.69, 9.17) is 18.9 Å². The first-order chi connectivity index (χ1) is 21.8. The van der Waals surface area contributed by atoms with Crippen molar-refractivity contribution in [2.75, 3.05) is 32.9 Å². The van der Waals surface area contributed by atoms with Gasteiger partial charge in [-0.3, -0.25) is 9.88 Å². The summed E-state index contributed by atoms with van der Waals surface area (Å²) in [6.45, 7) is 1.36. The van der Waals surface area contributed by atoms with Gasteiger partial charge >= 0.3 is 12.2 Å². The van der Waals surface area contributed by atoms with E-state index in [2.05, 4.69) is 19.9 Å². The largest absolute Gasteiger partial charge is 0.467 e. The molecule has 3 aliphatic heterocycles. The predicted octanol–water partition coefficient (Wildman–Crippen LogP) is 6.98. The maximum atomic E-state index is 16.7. The van der Waals surface area contributed by atoms with Gasteiger partial charge < -0.3 is 18.9 Å². The van der Waals surface area contributed by atoms with Gasteiger partial charge in [-0.1, -0.05) is 36.4 Å². The number of pyridine rings is 1. The third kappa shape index (κ3) is 6.15. The number of hydrogen-bond acceptors (Lipinski definition) is 8. The van der Waals surface area contributed by atoms with Gasteiger partial charge in [-0.15, -0.1) is 0 Å². The summed E-state index contributed by atoms with van der Waals surface area (Å²) in [7, 11) is 0. The highest BCUT2D eigenvalue weighted by atomic mass is 19.4. The minimum Gasteiger partial charge on any atom is -0.467 e. The molecule has 0 aliphatic carbocycles. The summed E-state index contributed by atoms with van der Waals surface area (Å²) < 4.78 is 79.2. The van der Waals surface area contributed by atoms with E-state index < -0.39 is 24.5 Å². The molecule has 0 amide bonds. The molecular weight excluding hydrogens is 592 g/mol. The van der Waals surface area contributed by atoms with Crippen molar-refractivity contribution in [1.29, 1.82) is 0 Å². The summed E-state index contributed by atoms with van der Waals surface area (Å²) in [5.41, 5.74) is 0.783. The second kappa shape index (κ2) is 12.3. The Kier molecular flexibility index (Phi) is 8.22. The molecule has 2 aromatic heterocycles. The molecule has 238 valence electrons. The summed E-state index contributed by atoms with van der Waals surface area (Å²) >= 11 is 0. The number of hydrogen-bond donors (Lipinski definition) is 0. The van der Waals surface area contributed by atoms with Crippen LogP contribution in [0.25, 0.3) is 32.9 Å². The number of nitrogens with zero attached hydrogens (tertiary/aromatic N) is 4. The Balaban J connectivity index is 1.30. The molecule has 0 saturated carbocycles. The Morgan fingerprint density at radius 1 is 0.956 bits per heavy atom. The monoisotopic (exact) mass is 626 g/mol. The van der Waals surface area contributed by atoms with Crippen molar-refractivity contribution >= 4 is 21.7 Å². The van der Waals surface area contributed by atoms with Crippen LogP contribution in [0.15, 0.2) is 42.6 Å². The molecule has 5 heterocycles. The summed E-state index contributed by atoms with van der Waals surface area (Å²) in [5.74, 6) is -1.25. The summed E-state index contributed by atoms with van der Waals surface area (Å²) in [4.78, 5) is 15.3. The molecule has 4 aromatic rings. The first-order valence-electron chi connectivity index (χ1n) is 15.5. The van der Waals surface area contributed by atoms with Crippen molar-refractivity contribution in [3.8, 4) is 23.1 Å². The normalized spacial score (nSPS) is 20.1. The number of halogens is 4. The zero-order chi connectivity index (χ0) is 31.0. The summed E-state index contributed by atoms with van der Waals surface area (Å²) in [6.07, 6.45) is 2.98. The molecule has 12 heteroatoms. The zero-order valence-electron chi connectivity index (χ0n) is 24.7. The number of benzene rings is 2. The predicted molar refractivity (Wildman–Crippen MR) is 158 cm³/mol. The lowest BCUT2D eigenvalue weighted by Crippen LogP contribution is -2.43. The topological polar surface area (TPSA) is 78.8 Å². The fourth-order valence-electron chi connectivity index (χ4n) is 6.91. The summed E-state index contributed by atoms with van der Waals surface area (Å²) in [5, 5.41) is 1.53. The van der Waals surface area contributed by atoms with E-state index in [-0.39, 0.29) is 47.7 Å². The lowest BCUT2D eigenvalue weighted by molar-refractivity contribution is -0.168. The number of rotatable bonds is 9. The fraction of sp³-hybridized carbons (Fsp3) is 0.485. The molecule has 8 nitrogen and oxygen atoms in total. The van der Waals surface area contributed by atoms with Gasteiger partial charge in [0, 0.05) is 18.4 Å². The number of aromatic nitrogens is 3. The van der Waals surface area contributed by atoms with E-state index in [1.165, 1.54) is 6.20 Å².